The molecule has 4 heteroatoms. The Morgan fingerprint density at radius 1 is 0.438 bits per heavy atom. The van der Waals surface area contributed by atoms with Crippen LogP contribution in [0.4, 0.5) is 0 Å². The molecule has 0 spiro atoms. The monoisotopic (exact) mass is 612 g/mol. The molecule has 0 N–H and O–H groups in total. The standard InChI is InChI=1S/C44H28N4/c1-4-16-29(17-5-1)40-33-23-11-14-26-37(33)45-43(47-40)48-38-27-15-12-24-34(38)42-39(48)28-36-41(46-42)32-22-10-13-25-35(32)44(36,30-18-6-2-7-19-30)31-20-8-3-9-21-31/h1-28H. The van der Waals surface area contributed by atoms with Crippen molar-refractivity contribution in [3.63, 3.8) is 0 Å². The molecule has 0 amide bonds. The lowest BCUT2D eigenvalue weighted by Crippen LogP contribution is -2.28. The molecule has 1 aliphatic rings. The minimum Gasteiger partial charge on any atom is -0.276 e. The van der Waals surface area contributed by atoms with Gasteiger partial charge in [0.15, 0.2) is 0 Å². The molecular weight excluding hydrogens is 585 g/mol. The summed E-state index contributed by atoms with van der Waals surface area (Å²) in [6, 6.07) is 60.0. The molecule has 10 rings (SSSR count). The second kappa shape index (κ2) is 10.3. The first-order valence-corrected chi connectivity index (χ1v) is 16.3. The Kier molecular flexibility index (Phi) is 5.75. The van der Waals surface area contributed by atoms with Gasteiger partial charge in [0.1, 0.15) is 0 Å². The third-order valence-electron chi connectivity index (χ3n) is 9.89. The van der Waals surface area contributed by atoms with Gasteiger partial charge in [-0.05, 0) is 34.9 Å². The van der Waals surface area contributed by atoms with Gasteiger partial charge in [0.2, 0.25) is 5.95 Å². The van der Waals surface area contributed by atoms with Gasteiger partial charge in [0, 0.05) is 27.5 Å². The van der Waals surface area contributed by atoms with Crippen molar-refractivity contribution in [2.24, 2.45) is 0 Å². The quantitative estimate of drug-likeness (QED) is 0.199. The molecule has 0 aliphatic heterocycles. The van der Waals surface area contributed by atoms with Gasteiger partial charge in [-0.15, -0.1) is 0 Å². The number of hydrogen-bond acceptors (Lipinski definition) is 3. The van der Waals surface area contributed by atoms with E-state index in [1.807, 2.05) is 12.1 Å². The number of nitrogens with zero attached hydrogens (tertiary/aromatic N) is 4. The highest BCUT2D eigenvalue weighted by atomic mass is 15.2. The maximum absolute atomic E-state index is 5.58. The van der Waals surface area contributed by atoms with E-state index in [1.165, 1.54) is 16.7 Å². The maximum Gasteiger partial charge on any atom is 0.235 e. The molecule has 0 unspecified atom stereocenters. The molecule has 0 fully saturated rings. The zero-order valence-corrected chi connectivity index (χ0v) is 26.0. The van der Waals surface area contributed by atoms with Crippen molar-refractivity contribution < 1.29 is 0 Å². The third-order valence-corrected chi connectivity index (χ3v) is 9.89. The fourth-order valence-corrected chi connectivity index (χ4v) is 7.88. The van der Waals surface area contributed by atoms with Crippen molar-refractivity contribution in [1.29, 1.82) is 0 Å². The molecular formula is C44H28N4. The van der Waals surface area contributed by atoms with Crippen molar-refractivity contribution in [2.45, 2.75) is 5.41 Å². The SMILES string of the molecule is c1ccc(-c2nc(-n3c4ccccc4c4nc5c(cc43)C(c3ccccc3)(c3ccccc3)c3ccccc3-5)nc3ccccc23)cc1. The van der Waals surface area contributed by atoms with Gasteiger partial charge in [-0.2, -0.15) is 0 Å². The first kappa shape index (κ1) is 26.8. The Hall–Kier alpha value is -6.39. The highest BCUT2D eigenvalue weighted by molar-refractivity contribution is 6.09. The highest BCUT2D eigenvalue weighted by Crippen LogP contribution is 2.56. The molecule has 0 saturated carbocycles. The van der Waals surface area contributed by atoms with Crippen molar-refractivity contribution in [3.8, 4) is 28.5 Å². The molecule has 0 saturated heterocycles. The zero-order valence-electron chi connectivity index (χ0n) is 26.0. The first-order chi connectivity index (χ1) is 23.8. The summed E-state index contributed by atoms with van der Waals surface area (Å²) in [6.45, 7) is 0. The number of pyridine rings is 1. The fourth-order valence-electron chi connectivity index (χ4n) is 7.88. The smallest absolute Gasteiger partial charge is 0.235 e. The largest absolute Gasteiger partial charge is 0.276 e. The number of para-hydroxylation sites is 2. The Bertz CT molecular complexity index is 2620. The van der Waals surface area contributed by atoms with E-state index in [-0.39, 0.29) is 0 Å². The lowest BCUT2D eigenvalue weighted by Gasteiger charge is -2.33. The molecule has 0 atom stereocenters. The predicted molar refractivity (Wildman–Crippen MR) is 194 cm³/mol. The molecule has 3 heterocycles. The minimum absolute atomic E-state index is 0.559. The van der Waals surface area contributed by atoms with Crippen molar-refractivity contribution in [2.75, 3.05) is 0 Å². The molecule has 9 aromatic rings. The minimum atomic E-state index is -0.559. The lowest BCUT2D eigenvalue weighted by atomic mass is 9.68. The van der Waals surface area contributed by atoms with E-state index >= 15 is 0 Å². The van der Waals surface area contributed by atoms with Gasteiger partial charge in [-0.25, -0.2) is 15.0 Å². The van der Waals surface area contributed by atoms with Crippen LogP contribution < -0.4 is 0 Å². The Balaban J connectivity index is 1.36. The van der Waals surface area contributed by atoms with Crippen LogP contribution in [0.3, 0.4) is 0 Å². The van der Waals surface area contributed by atoms with Gasteiger partial charge in [0.25, 0.3) is 0 Å². The Labute approximate surface area is 277 Å². The molecule has 48 heavy (non-hydrogen) atoms. The van der Waals surface area contributed by atoms with Gasteiger partial charge < -0.3 is 0 Å². The summed E-state index contributed by atoms with van der Waals surface area (Å²) >= 11 is 0. The van der Waals surface area contributed by atoms with Gasteiger partial charge in [-0.1, -0.05) is 152 Å². The molecule has 0 radical (unpaired) electrons. The topological polar surface area (TPSA) is 43.6 Å². The summed E-state index contributed by atoms with van der Waals surface area (Å²) in [6.07, 6.45) is 0. The van der Waals surface area contributed by atoms with Crippen LogP contribution in [0.1, 0.15) is 22.3 Å². The van der Waals surface area contributed by atoms with Crippen LogP contribution in [0.15, 0.2) is 170 Å². The van der Waals surface area contributed by atoms with Crippen LogP contribution in [0.5, 0.6) is 0 Å². The molecule has 4 nitrogen and oxygen atoms in total. The fraction of sp³-hybridized carbons (Fsp3) is 0.0227. The van der Waals surface area contributed by atoms with Crippen molar-refractivity contribution >= 4 is 32.8 Å². The van der Waals surface area contributed by atoms with Gasteiger partial charge >= 0.3 is 0 Å². The number of fused-ring (bicyclic) bond motifs is 7. The van der Waals surface area contributed by atoms with Crippen molar-refractivity contribution in [3.05, 3.63) is 192 Å². The van der Waals surface area contributed by atoms with Gasteiger partial charge in [-0.3, -0.25) is 4.57 Å². The van der Waals surface area contributed by atoms with Crippen LogP contribution in [0.25, 0.3) is 61.3 Å². The summed E-state index contributed by atoms with van der Waals surface area (Å²) < 4.78 is 2.21. The van der Waals surface area contributed by atoms with E-state index < -0.39 is 5.41 Å². The highest BCUT2D eigenvalue weighted by Gasteiger charge is 2.47. The molecule has 224 valence electrons. The summed E-state index contributed by atoms with van der Waals surface area (Å²) in [4.78, 5) is 16.1. The van der Waals surface area contributed by atoms with Gasteiger partial charge in [0.05, 0.1) is 38.9 Å². The summed E-state index contributed by atoms with van der Waals surface area (Å²) in [7, 11) is 0. The van der Waals surface area contributed by atoms with E-state index in [2.05, 4.69) is 162 Å². The van der Waals surface area contributed by atoms with Crippen LogP contribution in [0.2, 0.25) is 0 Å². The van der Waals surface area contributed by atoms with Crippen molar-refractivity contribution in [1.82, 2.24) is 19.5 Å². The second-order valence-corrected chi connectivity index (χ2v) is 12.4. The predicted octanol–water partition coefficient (Wildman–Crippen LogP) is 10.2. The average Bonchev–Trinajstić information content (AvgIpc) is 3.64. The lowest BCUT2D eigenvalue weighted by molar-refractivity contribution is 0.767. The van der Waals surface area contributed by atoms with E-state index in [1.54, 1.807) is 0 Å². The van der Waals surface area contributed by atoms with Crippen LogP contribution in [-0.4, -0.2) is 19.5 Å². The average molecular weight is 613 g/mol. The second-order valence-electron chi connectivity index (χ2n) is 12.4. The van der Waals surface area contributed by atoms with E-state index in [4.69, 9.17) is 15.0 Å². The number of benzene rings is 6. The number of rotatable bonds is 4. The summed E-state index contributed by atoms with van der Waals surface area (Å²) in [5.74, 6) is 0.626. The molecule has 6 aromatic carbocycles. The third kappa shape index (κ3) is 3.68. The maximum atomic E-state index is 5.58. The van der Waals surface area contributed by atoms with E-state index in [0.717, 1.165) is 60.9 Å². The first-order valence-electron chi connectivity index (χ1n) is 16.3. The van der Waals surface area contributed by atoms with Crippen LogP contribution >= 0.6 is 0 Å². The number of hydrogen-bond donors (Lipinski definition) is 0. The van der Waals surface area contributed by atoms with Crippen LogP contribution in [-0.2, 0) is 5.41 Å². The molecule has 0 bridgehead atoms. The summed E-state index contributed by atoms with van der Waals surface area (Å²) in [5, 5.41) is 2.09. The van der Waals surface area contributed by atoms with E-state index in [9.17, 15) is 0 Å². The number of aromatic nitrogens is 4. The zero-order chi connectivity index (χ0) is 31.7. The van der Waals surface area contributed by atoms with Crippen LogP contribution in [0, 0.1) is 0 Å². The van der Waals surface area contributed by atoms with E-state index in [0.29, 0.717) is 5.95 Å². The Morgan fingerprint density at radius 3 is 1.79 bits per heavy atom. The summed E-state index contributed by atoms with van der Waals surface area (Å²) in [5.41, 5.74) is 12.2. The Morgan fingerprint density at radius 2 is 1.04 bits per heavy atom. The molecule has 3 aromatic heterocycles. The molecule has 1 aliphatic carbocycles. The normalized spacial score (nSPS) is 13.2.